The molecule has 0 N–H and O–H groups in total. The van der Waals surface area contributed by atoms with Gasteiger partial charge >= 0.3 is 0 Å². The minimum Gasteiger partial charge on any atom is -0.496 e. The Morgan fingerprint density at radius 1 is 1.19 bits per heavy atom. The van der Waals surface area contributed by atoms with Crippen LogP contribution in [0.5, 0.6) is 5.75 Å². The van der Waals surface area contributed by atoms with E-state index in [0.29, 0.717) is 11.6 Å². The summed E-state index contributed by atoms with van der Waals surface area (Å²) in [4.78, 5) is 17.0. The molecule has 5 nitrogen and oxygen atoms in total. The molecule has 1 saturated heterocycles. The summed E-state index contributed by atoms with van der Waals surface area (Å²) in [5.74, 6) is 1.26. The Labute approximate surface area is 189 Å². The fourth-order valence-corrected chi connectivity index (χ4v) is 5.63. The Hall–Kier alpha value is -2.83. The molecule has 1 aliphatic heterocycles. The standard InChI is InChI=1S/C24H22ClN3O2S/c1-15-20-13-22(31-24(20)28(26-15)18-7-5-6-17(25)12-18)23(29)27-11-10-16(14-27)19-8-3-4-9-21(19)30-2/h3-9,12-13,16H,10-11,14H2,1-2H3. The lowest BCUT2D eigenvalue weighted by Gasteiger charge is -2.17. The van der Waals surface area contributed by atoms with Gasteiger partial charge in [-0.3, -0.25) is 4.79 Å². The molecule has 0 bridgehead atoms. The van der Waals surface area contributed by atoms with Gasteiger partial charge in [0.15, 0.2) is 0 Å². The van der Waals surface area contributed by atoms with Crippen molar-refractivity contribution < 1.29 is 9.53 Å². The van der Waals surface area contributed by atoms with Crippen molar-refractivity contribution in [2.45, 2.75) is 19.3 Å². The molecule has 1 amide bonds. The summed E-state index contributed by atoms with van der Waals surface area (Å²) >= 11 is 7.66. The molecule has 3 heterocycles. The van der Waals surface area contributed by atoms with Crippen molar-refractivity contribution >= 4 is 39.1 Å². The first-order chi connectivity index (χ1) is 15.0. The van der Waals surface area contributed by atoms with E-state index in [9.17, 15) is 4.79 Å². The van der Waals surface area contributed by atoms with Gasteiger partial charge in [0, 0.05) is 29.4 Å². The fraction of sp³-hybridized carbons (Fsp3) is 0.250. The van der Waals surface area contributed by atoms with Crippen LogP contribution in [-0.2, 0) is 0 Å². The Morgan fingerprint density at radius 3 is 2.84 bits per heavy atom. The highest BCUT2D eigenvalue weighted by Gasteiger charge is 2.31. The number of likely N-dealkylation sites (tertiary alicyclic amines) is 1. The second-order valence-corrected chi connectivity index (χ2v) is 9.25. The smallest absolute Gasteiger partial charge is 0.264 e. The number of para-hydroxylation sites is 1. The number of amides is 1. The molecule has 0 saturated carbocycles. The average molecular weight is 452 g/mol. The quantitative estimate of drug-likeness (QED) is 0.400. The zero-order valence-corrected chi connectivity index (χ0v) is 18.9. The molecule has 0 aliphatic carbocycles. The molecule has 31 heavy (non-hydrogen) atoms. The van der Waals surface area contributed by atoms with Crippen LogP contribution in [-0.4, -0.2) is 40.8 Å². The zero-order chi connectivity index (χ0) is 21.5. The molecule has 7 heteroatoms. The van der Waals surface area contributed by atoms with Crippen molar-refractivity contribution in [3.63, 3.8) is 0 Å². The lowest BCUT2D eigenvalue weighted by molar-refractivity contribution is 0.0795. The summed E-state index contributed by atoms with van der Waals surface area (Å²) in [6, 6.07) is 17.7. The first kappa shape index (κ1) is 20.1. The van der Waals surface area contributed by atoms with Gasteiger partial charge in [-0.2, -0.15) is 5.10 Å². The van der Waals surface area contributed by atoms with Crippen LogP contribution in [0, 0.1) is 6.92 Å². The highest BCUT2D eigenvalue weighted by atomic mass is 35.5. The summed E-state index contributed by atoms with van der Waals surface area (Å²) < 4.78 is 7.40. The number of hydrogen-bond acceptors (Lipinski definition) is 4. The minimum atomic E-state index is 0.0793. The van der Waals surface area contributed by atoms with Gasteiger partial charge in [0.05, 0.1) is 23.4 Å². The van der Waals surface area contributed by atoms with E-state index < -0.39 is 0 Å². The number of methoxy groups -OCH3 is 1. The number of carbonyl (C=O) groups excluding carboxylic acids is 1. The summed E-state index contributed by atoms with van der Waals surface area (Å²) in [6.07, 6.45) is 0.937. The van der Waals surface area contributed by atoms with E-state index >= 15 is 0 Å². The number of aryl methyl sites for hydroxylation is 1. The maximum absolute atomic E-state index is 13.3. The van der Waals surface area contributed by atoms with Crippen molar-refractivity contribution in [1.29, 1.82) is 0 Å². The van der Waals surface area contributed by atoms with Crippen LogP contribution < -0.4 is 4.74 Å². The van der Waals surface area contributed by atoms with E-state index in [-0.39, 0.29) is 11.8 Å². The third-order valence-corrected chi connectivity index (χ3v) is 7.20. The second-order valence-electron chi connectivity index (χ2n) is 7.79. The molecule has 1 unspecified atom stereocenters. The Morgan fingerprint density at radius 2 is 2.03 bits per heavy atom. The van der Waals surface area contributed by atoms with Crippen LogP contribution in [0.1, 0.15) is 33.3 Å². The molecule has 1 aliphatic rings. The molecule has 2 aromatic heterocycles. The van der Waals surface area contributed by atoms with Gasteiger partial charge in [-0.15, -0.1) is 11.3 Å². The predicted molar refractivity (Wildman–Crippen MR) is 125 cm³/mol. The van der Waals surface area contributed by atoms with Crippen LogP contribution in [0.4, 0.5) is 0 Å². The fourth-order valence-electron chi connectivity index (χ4n) is 4.29. The van der Waals surface area contributed by atoms with Gasteiger partial charge in [0.25, 0.3) is 5.91 Å². The summed E-state index contributed by atoms with van der Waals surface area (Å²) in [5, 5.41) is 6.33. The molecular formula is C24H22ClN3O2S. The zero-order valence-electron chi connectivity index (χ0n) is 17.3. The van der Waals surface area contributed by atoms with Crippen molar-refractivity contribution in [2.24, 2.45) is 0 Å². The topological polar surface area (TPSA) is 47.4 Å². The molecule has 5 rings (SSSR count). The first-order valence-corrected chi connectivity index (χ1v) is 11.4. The van der Waals surface area contributed by atoms with E-state index in [1.54, 1.807) is 7.11 Å². The second kappa shape index (κ2) is 8.02. The van der Waals surface area contributed by atoms with E-state index in [4.69, 9.17) is 16.3 Å². The summed E-state index contributed by atoms with van der Waals surface area (Å²) in [5.41, 5.74) is 2.96. The van der Waals surface area contributed by atoms with Crippen molar-refractivity contribution in [3.8, 4) is 11.4 Å². The van der Waals surface area contributed by atoms with Crippen LogP contribution in [0.2, 0.25) is 5.02 Å². The van der Waals surface area contributed by atoms with E-state index in [2.05, 4.69) is 11.2 Å². The normalized spacial score (nSPS) is 16.2. The number of fused-ring (bicyclic) bond motifs is 1. The lowest BCUT2D eigenvalue weighted by Crippen LogP contribution is -2.27. The number of aromatic nitrogens is 2. The number of rotatable bonds is 4. The maximum atomic E-state index is 13.3. The van der Waals surface area contributed by atoms with E-state index in [1.165, 1.54) is 16.9 Å². The van der Waals surface area contributed by atoms with Crippen LogP contribution in [0.25, 0.3) is 15.9 Å². The Bertz CT molecular complexity index is 1280. The van der Waals surface area contributed by atoms with Gasteiger partial charge in [-0.05, 0) is 49.2 Å². The highest BCUT2D eigenvalue weighted by Crippen LogP contribution is 2.36. The van der Waals surface area contributed by atoms with Crippen LogP contribution in [0.3, 0.4) is 0 Å². The summed E-state index contributed by atoms with van der Waals surface area (Å²) in [7, 11) is 1.69. The van der Waals surface area contributed by atoms with Gasteiger partial charge in [-0.1, -0.05) is 35.9 Å². The average Bonchev–Trinajstić information content (AvgIpc) is 3.50. The molecule has 0 spiro atoms. The maximum Gasteiger partial charge on any atom is 0.264 e. The molecular weight excluding hydrogens is 430 g/mol. The largest absolute Gasteiger partial charge is 0.496 e. The van der Waals surface area contributed by atoms with E-state index in [0.717, 1.165) is 45.2 Å². The number of benzene rings is 2. The monoisotopic (exact) mass is 451 g/mol. The highest BCUT2D eigenvalue weighted by molar-refractivity contribution is 7.20. The molecule has 4 aromatic rings. The molecule has 158 valence electrons. The number of carbonyl (C=O) groups is 1. The van der Waals surface area contributed by atoms with Crippen LogP contribution >= 0.6 is 22.9 Å². The molecule has 1 atom stereocenters. The lowest BCUT2D eigenvalue weighted by atomic mass is 9.97. The summed E-state index contributed by atoms with van der Waals surface area (Å²) in [6.45, 7) is 3.42. The Balaban J connectivity index is 1.43. The molecule has 2 aromatic carbocycles. The number of nitrogens with zero attached hydrogens (tertiary/aromatic N) is 3. The van der Waals surface area contributed by atoms with Gasteiger partial charge < -0.3 is 9.64 Å². The molecule has 0 radical (unpaired) electrons. The first-order valence-electron chi connectivity index (χ1n) is 10.2. The number of halogens is 1. The van der Waals surface area contributed by atoms with Crippen molar-refractivity contribution in [3.05, 3.63) is 75.8 Å². The van der Waals surface area contributed by atoms with Crippen molar-refractivity contribution in [2.75, 3.05) is 20.2 Å². The van der Waals surface area contributed by atoms with Crippen molar-refractivity contribution in [1.82, 2.24) is 14.7 Å². The predicted octanol–water partition coefficient (Wildman–Crippen LogP) is 5.69. The number of ether oxygens (including phenoxy) is 1. The Kier molecular flexibility index (Phi) is 5.20. The number of hydrogen-bond donors (Lipinski definition) is 0. The van der Waals surface area contributed by atoms with Gasteiger partial charge in [0.2, 0.25) is 0 Å². The van der Waals surface area contributed by atoms with Crippen LogP contribution in [0.15, 0.2) is 54.6 Å². The van der Waals surface area contributed by atoms with Gasteiger partial charge in [0.1, 0.15) is 10.6 Å². The third kappa shape index (κ3) is 3.60. The third-order valence-electron chi connectivity index (χ3n) is 5.86. The van der Waals surface area contributed by atoms with Gasteiger partial charge in [-0.25, -0.2) is 4.68 Å². The SMILES string of the molecule is COc1ccccc1C1CCN(C(=O)c2cc3c(C)nn(-c4cccc(Cl)c4)c3s2)C1. The minimum absolute atomic E-state index is 0.0793. The molecule has 1 fully saturated rings. The van der Waals surface area contributed by atoms with E-state index in [1.807, 2.05) is 65.0 Å². The number of thiophene rings is 1.